The number of sulfonamides is 1. The lowest BCUT2D eigenvalue weighted by Gasteiger charge is -2.25. The highest BCUT2D eigenvalue weighted by Gasteiger charge is 2.30. The fourth-order valence-electron chi connectivity index (χ4n) is 3.36. The van der Waals surface area contributed by atoms with Crippen LogP contribution in [0.2, 0.25) is 0 Å². The molecule has 2 aromatic carbocycles. The number of nitrogens with one attached hydrogen (secondary N) is 1. The van der Waals surface area contributed by atoms with Crippen LogP contribution in [0.25, 0.3) is 0 Å². The van der Waals surface area contributed by atoms with Gasteiger partial charge < -0.3 is 4.90 Å². The van der Waals surface area contributed by atoms with Crippen molar-refractivity contribution in [3.63, 3.8) is 0 Å². The number of halogens is 1. The number of benzene rings is 2. The number of likely N-dealkylation sites (tertiary alicyclic amines) is 1. The zero-order valence-electron chi connectivity index (χ0n) is 15.4. The summed E-state index contributed by atoms with van der Waals surface area (Å²) in [4.78, 5) is 14.8. The van der Waals surface area contributed by atoms with Crippen molar-refractivity contribution in [2.24, 2.45) is 0 Å². The first-order valence-electron chi connectivity index (χ1n) is 8.97. The van der Waals surface area contributed by atoms with Crippen LogP contribution < -0.4 is 4.72 Å². The molecule has 1 amide bonds. The first-order valence-corrected chi connectivity index (χ1v) is 10.4. The lowest BCUT2D eigenvalue weighted by Crippen LogP contribution is -2.31. The Morgan fingerprint density at radius 2 is 1.74 bits per heavy atom. The summed E-state index contributed by atoms with van der Waals surface area (Å²) in [7, 11) is -3.59. The summed E-state index contributed by atoms with van der Waals surface area (Å²) in [6.45, 7) is 4.12. The normalized spacial score (nSPS) is 17.5. The van der Waals surface area contributed by atoms with Gasteiger partial charge in [0.05, 0.1) is 10.9 Å². The standard InChI is InChI=1S/C20H23FN2O3S/c1-14(2)22-27(25,26)18-11-7-16(8-12-18)20(24)23-13-3-4-19(23)15-5-9-17(21)10-6-15/h5-12,14,19,22H,3-4,13H2,1-2H3. The number of nitrogens with zero attached hydrogens (tertiary/aromatic N) is 1. The van der Waals surface area contributed by atoms with Crippen molar-refractivity contribution in [1.29, 1.82) is 0 Å². The van der Waals surface area contributed by atoms with Gasteiger partial charge in [-0.15, -0.1) is 0 Å². The second-order valence-electron chi connectivity index (χ2n) is 7.01. The Morgan fingerprint density at radius 1 is 1.11 bits per heavy atom. The van der Waals surface area contributed by atoms with E-state index in [2.05, 4.69) is 4.72 Å². The third-order valence-electron chi connectivity index (χ3n) is 4.57. The molecule has 1 aliphatic heterocycles. The third kappa shape index (κ3) is 4.36. The first kappa shape index (κ1) is 19.5. The van der Waals surface area contributed by atoms with Crippen molar-refractivity contribution in [3.8, 4) is 0 Å². The van der Waals surface area contributed by atoms with E-state index >= 15 is 0 Å². The Balaban J connectivity index is 1.80. The van der Waals surface area contributed by atoms with E-state index in [0.29, 0.717) is 12.1 Å². The van der Waals surface area contributed by atoms with Gasteiger partial charge in [0.25, 0.3) is 5.91 Å². The monoisotopic (exact) mass is 390 g/mol. The van der Waals surface area contributed by atoms with Crippen LogP contribution in [0, 0.1) is 5.82 Å². The maximum absolute atomic E-state index is 13.2. The molecule has 144 valence electrons. The molecular weight excluding hydrogens is 367 g/mol. The average molecular weight is 390 g/mol. The van der Waals surface area contributed by atoms with Gasteiger partial charge in [0, 0.05) is 18.2 Å². The summed E-state index contributed by atoms with van der Waals surface area (Å²) in [6.07, 6.45) is 1.70. The van der Waals surface area contributed by atoms with Gasteiger partial charge in [0.2, 0.25) is 10.0 Å². The van der Waals surface area contributed by atoms with Crippen LogP contribution in [0.3, 0.4) is 0 Å². The number of amides is 1. The van der Waals surface area contributed by atoms with Crippen LogP contribution in [0.4, 0.5) is 4.39 Å². The van der Waals surface area contributed by atoms with Gasteiger partial charge in [-0.05, 0) is 68.7 Å². The third-order valence-corrected chi connectivity index (χ3v) is 6.25. The van der Waals surface area contributed by atoms with Crippen molar-refractivity contribution < 1.29 is 17.6 Å². The predicted molar refractivity (Wildman–Crippen MR) is 101 cm³/mol. The van der Waals surface area contributed by atoms with Gasteiger partial charge in [0.1, 0.15) is 5.82 Å². The minimum atomic E-state index is -3.59. The highest BCUT2D eigenvalue weighted by Crippen LogP contribution is 2.33. The maximum atomic E-state index is 13.2. The first-order chi connectivity index (χ1) is 12.8. The van der Waals surface area contributed by atoms with Crippen molar-refractivity contribution in [2.75, 3.05) is 6.54 Å². The van der Waals surface area contributed by atoms with Crippen LogP contribution in [0.1, 0.15) is 48.7 Å². The number of hydrogen-bond donors (Lipinski definition) is 1. The Bertz CT molecular complexity index is 909. The molecule has 1 fully saturated rings. The quantitative estimate of drug-likeness (QED) is 0.850. The zero-order chi connectivity index (χ0) is 19.6. The predicted octanol–water partition coefficient (Wildman–Crippen LogP) is 3.49. The van der Waals surface area contributed by atoms with Gasteiger partial charge in [-0.2, -0.15) is 0 Å². The molecule has 0 radical (unpaired) electrons. The van der Waals surface area contributed by atoms with E-state index in [-0.39, 0.29) is 28.7 Å². The highest BCUT2D eigenvalue weighted by molar-refractivity contribution is 7.89. The van der Waals surface area contributed by atoms with Crippen LogP contribution in [-0.2, 0) is 10.0 Å². The van der Waals surface area contributed by atoms with Crippen LogP contribution in [0.5, 0.6) is 0 Å². The molecule has 2 aromatic rings. The fourth-order valence-corrected chi connectivity index (χ4v) is 4.61. The molecule has 1 aliphatic rings. The molecule has 1 unspecified atom stereocenters. The molecule has 0 bridgehead atoms. The van der Waals surface area contributed by atoms with Crippen molar-refractivity contribution in [2.45, 2.75) is 43.7 Å². The summed E-state index contributed by atoms with van der Waals surface area (Å²) in [6, 6.07) is 11.9. The molecule has 7 heteroatoms. The zero-order valence-corrected chi connectivity index (χ0v) is 16.2. The van der Waals surface area contributed by atoms with Crippen molar-refractivity contribution >= 4 is 15.9 Å². The molecule has 1 N–H and O–H groups in total. The summed E-state index contributed by atoms with van der Waals surface area (Å²) in [5.74, 6) is -0.455. The van der Waals surface area contributed by atoms with E-state index in [9.17, 15) is 17.6 Å². The SMILES string of the molecule is CC(C)NS(=O)(=O)c1ccc(C(=O)N2CCCC2c2ccc(F)cc2)cc1. The van der Waals surface area contributed by atoms with E-state index in [1.807, 2.05) is 0 Å². The average Bonchev–Trinajstić information content (AvgIpc) is 3.10. The minimum Gasteiger partial charge on any atom is -0.332 e. The molecule has 5 nitrogen and oxygen atoms in total. The second-order valence-corrected chi connectivity index (χ2v) is 8.72. The summed E-state index contributed by atoms with van der Waals surface area (Å²) in [5, 5.41) is 0. The van der Waals surface area contributed by atoms with Gasteiger partial charge in [-0.25, -0.2) is 17.5 Å². The van der Waals surface area contributed by atoms with E-state index in [1.165, 1.54) is 36.4 Å². The molecule has 0 spiro atoms. The fraction of sp³-hybridized carbons (Fsp3) is 0.350. The Kier molecular flexibility index (Phi) is 5.62. The van der Waals surface area contributed by atoms with E-state index in [4.69, 9.17) is 0 Å². The minimum absolute atomic E-state index is 0.0934. The number of hydrogen-bond acceptors (Lipinski definition) is 3. The maximum Gasteiger partial charge on any atom is 0.254 e. The molecular formula is C20H23FN2O3S. The Labute approximate surface area is 159 Å². The lowest BCUT2D eigenvalue weighted by molar-refractivity contribution is 0.0735. The molecule has 1 saturated heterocycles. The molecule has 0 aliphatic carbocycles. The van der Waals surface area contributed by atoms with Gasteiger partial charge in [-0.1, -0.05) is 12.1 Å². The summed E-state index contributed by atoms with van der Waals surface area (Å²) >= 11 is 0. The molecule has 0 saturated carbocycles. The van der Waals surface area contributed by atoms with Gasteiger partial charge in [0.15, 0.2) is 0 Å². The number of rotatable bonds is 5. The smallest absolute Gasteiger partial charge is 0.254 e. The number of carbonyl (C=O) groups is 1. The summed E-state index contributed by atoms with van der Waals surface area (Å²) < 4.78 is 40.1. The molecule has 0 aromatic heterocycles. The molecule has 1 heterocycles. The van der Waals surface area contributed by atoms with Crippen molar-refractivity contribution in [1.82, 2.24) is 9.62 Å². The number of carbonyl (C=O) groups excluding carboxylic acids is 1. The molecule has 3 rings (SSSR count). The largest absolute Gasteiger partial charge is 0.332 e. The van der Waals surface area contributed by atoms with E-state index < -0.39 is 10.0 Å². The highest BCUT2D eigenvalue weighted by atomic mass is 32.2. The lowest BCUT2D eigenvalue weighted by atomic mass is 10.0. The van der Waals surface area contributed by atoms with Crippen LogP contribution >= 0.6 is 0 Å². The Hall–Kier alpha value is -2.25. The van der Waals surface area contributed by atoms with Gasteiger partial charge >= 0.3 is 0 Å². The van der Waals surface area contributed by atoms with Crippen molar-refractivity contribution in [3.05, 3.63) is 65.5 Å². The molecule has 1 atom stereocenters. The van der Waals surface area contributed by atoms with Crippen LogP contribution in [0.15, 0.2) is 53.4 Å². The van der Waals surface area contributed by atoms with E-state index in [0.717, 1.165) is 18.4 Å². The van der Waals surface area contributed by atoms with Crippen LogP contribution in [-0.4, -0.2) is 31.8 Å². The topological polar surface area (TPSA) is 66.5 Å². The second kappa shape index (κ2) is 7.78. The van der Waals surface area contributed by atoms with E-state index in [1.54, 1.807) is 30.9 Å². The van der Waals surface area contributed by atoms with Gasteiger partial charge in [-0.3, -0.25) is 4.79 Å². The summed E-state index contributed by atoms with van der Waals surface area (Å²) in [5.41, 5.74) is 1.34. The Morgan fingerprint density at radius 3 is 2.33 bits per heavy atom. The molecule has 27 heavy (non-hydrogen) atoms.